The summed E-state index contributed by atoms with van der Waals surface area (Å²) in [7, 11) is 0. The van der Waals surface area contributed by atoms with Gasteiger partial charge in [-0.25, -0.2) is 13.6 Å². The van der Waals surface area contributed by atoms with Gasteiger partial charge in [0.05, 0.1) is 5.69 Å². The Morgan fingerprint density at radius 1 is 1.00 bits per heavy atom. The van der Waals surface area contributed by atoms with Crippen LogP contribution < -0.4 is 10.6 Å². The third kappa shape index (κ3) is 4.14. The van der Waals surface area contributed by atoms with E-state index in [1.54, 1.807) is 24.7 Å². The van der Waals surface area contributed by atoms with E-state index in [4.69, 9.17) is 0 Å². The summed E-state index contributed by atoms with van der Waals surface area (Å²) in [6.07, 6.45) is 4.96. The van der Waals surface area contributed by atoms with Crippen LogP contribution in [0.4, 0.5) is 19.3 Å². The highest BCUT2D eigenvalue weighted by Gasteiger charge is 2.11. The maximum absolute atomic E-state index is 13.5. The summed E-state index contributed by atoms with van der Waals surface area (Å²) in [5.41, 5.74) is 1.95. The van der Waals surface area contributed by atoms with Crippen LogP contribution in [-0.4, -0.2) is 16.0 Å². The van der Waals surface area contributed by atoms with Gasteiger partial charge in [-0.1, -0.05) is 6.07 Å². The Hall–Kier alpha value is -3.35. The molecule has 7 heteroatoms. The summed E-state index contributed by atoms with van der Waals surface area (Å²) < 4.78 is 27.0. The summed E-state index contributed by atoms with van der Waals surface area (Å²) in [6, 6.07) is 9.89. The van der Waals surface area contributed by atoms with Crippen molar-refractivity contribution in [2.45, 2.75) is 6.54 Å². The maximum atomic E-state index is 13.5. The zero-order valence-electron chi connectivity index (χ0n) is 13.0. The van der Waals surface area contributed by atoms with E-state index in [0.717, 1.165) is 29.0 Å². The second-order valence-corrected chi connectivity index (χ2v) is 5.19. The summed E-state index contributed by atoms with van der Waals surface area (Å²) in [5.74, 6) is -1.67. The van der Waals surface area contributed by atoms with Gasteiger partial charge in [-0.3, -0.25) is 9.97 Å². The predicted molar refractivity (Wildman–Crippen MR) is 89.7 cm³/mol. The number of urea groups is 1. The van der Waals surface area contributed by atoms with Crippen LogP contribution in [0.15, 0.2) is 61.1 Å². The van der Waals surface area contributed by atoms with E-state index < -0.39 is 23.4 Å². The van der Waals surface area contributed by atoms with Crippen LogP contribution in [0.1, 0.15) is 5.56 Å². The highest BCUT2D eigenvalue weighted by atomic mass is 19.1. The van der Waals surface area contributed by atoms with E-state index in [0.29, 0.717) is 0 Å². The Kier molecular flexibility index (Phi) is 4.94. The molecule has 0 aliphatic heterocycles. The molecule has 126 valence electrons. The molecule has 0 radical (unpaired) electrons. The van der Waals surface area contributed by atoms with Crippen molar-refractivity contribution in [2.75, 3.05) is 5.32 Å². The zero-order valence-corrected chi connectivity index (χ0v) is 13.0. The van der Waals surface area contributed by atoms with Crippen LogP contribution in [0, 0.1) is 11.6 Å². The smallest absolute Gasteiger partial charge is 0.319 e. The predicted octanol–water partition coefficient (Wildman–Crippen LogP) is 3.74. The molecule has 0 unspecified atom stereocenters. The molecule has 0 fully saturated rings. The van der Waals surface area contributed by atoms with Gasteiger partial charge in [0, 0.05) is 30.7 Å². The molecule has 25 heavy (non-hydrogen) atoms. The van der Waals surface area contributed by atoms with E-state index in [-0.39, 0.29) is 6.54 Å². The highest BCUT2D eigenvalue weighted by molar-refractivity contribution is 5.89. The molecule has 2 amide bonds. The van der Waals surface area contributed by atoms with Crippen LogP contribution >= 0.6 is 0 Å². The lowest BCUT2D eigenvalue weighted by molar-refractivity contribution is 0.251. The minimum atomic E-state index is -0.834. The molecular formula is C18H14F2N4O. The van der Waals surface area contributed by atoms with E-state index >= 15 is 0 Å². The molecule has 0 bridgehead atoms. The Morgan fingerprint density at radius 3 is 2.44 bits per heavy atom. The van der Waals surface area contributed by atoms with Crippen molar-refractivity contribution in [1.82, 2.24) is 15.3 Å². The average Bonchev–Trinajstić information content (AvgIpc) is 2.64. The van der Waals surface area contributed by atoms with Crippen LogP contribution in [0.25, 0.3) is 11.3 Å². The molecule has 2 aromatic heterocycles. The lowest BCUT2D eigenvalue weighted by Crippen LogP contribution is -2.29. The molecule has 3 aromatic rings. The number of hydrogen-bond donors (Lipinski definition) is 2. The summed E-state index contributed by atoms with van der Waals surface area (Å²) in [5, 5.41) is 4.73. The van der Waals surface area contributed by atoms with Gasteiger partial charge in [0.25, 0.3) is 0 Å². The van der Waals surface area contributed by atoms with Crippen molar-refractivity contribution in [3.05, 3.63) is 78.3 Å². The first kappa shape index (κ1) is 16.5. The van der Waals surface area contributed by atoms with Crippen molar-refractivity contribution in [3.63, 3.8) is 0 Å². The van der Waals surface area contributed by atoms with E-state index in [9.17, 15) is 13.6 Å². The number of hydrogen-bond acceptors (Lipinski definition) is 3. The average molecular weight is 340 g/mol. The topological polar surface area (TPSA) is 66.9 Å². The number of carbonyl (C=O) groups is 1. The van der Waals surface area contributed by atoms with Gasteiger partial charge in [0.15, 0.2) is 0 Å². The first-order chi connectivity index (χ1) is 12.1. The van der Waals surface area contributed by atoms with Crippen molar-refractivity contribution >= 4 is 11.7 Å². The van der Waals surface area contributed by atoms with Crippen LogP contribution in [0.5, 0.6) is 0 Å². The Balaban J connectivity index is 1.65. The second kappa shape index (κ2) is 7.48. The fourth-order valence-corrected chi connectivity index (χ4v) is 2.22. The van der Waals surface area contributed by atoms with Crippen molar-refractivity contribution in [3.8, 4) is 11.3 Å². The number of para-hydroxylation sites is 1. The molecule has 2 N–H and O–H groups in total. The molecule has 3 rings (SSSR count). The Morgan fingerprint density at radius 2 is 1.72 bits per heavy atom. The number of nitrogens with one attached hydrogen (secondary N) is 2. The summed E-state index contributed by atoms with van der Waals surface area (Å²) >= 11 is 0. The van der Waals surface area contributed by atoms with Gasteiger partial charge in [-0.2, -0.15) is 0 Å². The Labute approximate surface area is 142 Å². The zero-order chi connectivity index (χ0) is 17.6. The Bertz CT molecular complexity index is 867. The van der Waals surface area contributed by atoms with Gasteiger partial charge in [0.2, 0.25) is 0 Å². The van der Waals surface area contributed by atoms with Crippen LogP contribution in [0.2, 0.25) is 0 Å². The number of benzene rings is 1. The number of aromatic nitrogens is 2. The van der Waals surface area contributed by atoms with Crippen LogP contribution in [0.3, 0.4) is 0 Å². The lowest BCUT2D eigenvalue weighted by atomic mass is 10.1. The SMILES string of the molecule is O=C(NCc1ccnc(-c2ccncc2)c1)Nc1c(F)cccc1F. The molecule has 5 nitrogen and oxygen atoms in total. The fourth-order valence-electron chi connectivity index (χ4n) is 2.22. The van der Waals surface area contributed by atoms with E-state index in [1.165, 1.54) is 6.07 Å². The number of pyridine rings is 2. The van der Waals surface area contributed by atoms with E-state index in [1.807, 2.05) is 18.2 Å². The van der Waals surface area contributed by atoms with Gasteiger partial charge in [-0.15, -0.1) is 0 Å². The van der Waals surface area contributed by atoms with Crippen molar-refractivity contribution < 1.29 is 13.6 Å². The van der Waals surface area contributed by atoms with Gasteiger partial charge >= 0.3 is 6.03 Å². The molecule has 0 aliphatic rings. The minimum Gasteiger partial charge on any atom is -0.334 e. The maximum Gasteiger partial charge on any atom is 0.319 e. The molecule has 0 aliphatic carbocycles. The number of anilines is 1. The third-order valence-electron chi connectivity index (χ3n) is 3.45. The van der Waals surface area contributed by atoms with Crippen molar-refractivity contribution in [1.29, 1.82) is 0 Å². The molecule has 0 spiro atoms. The summed E-state index contributed by atoms with van der Waals surface area (Å²) in [6.45, 7) is 0.183. The lowest BCUT2D eigenvalue weighted by Gasteiger charge is -2.10. The summed E-state index contributed by atoms with van der Waals surface area (Å²) in [4.78, 5) is 20.1. The molecule has 0 saturated heterocycles. The number of amides is 2. The van der Waals surface area contributed by atoms with Gasteiger partial charge < -0.3 is 10.6 Å². The van der Waals surface area contributed by atoms with Gasteiger partial charge in [-0.05, 0) is 42.0 Å². The highest BCUT2D eigenvalue weighted by Crippen LogP contribution is 2.18. The second-order valence-electron chi connectivity index (χ2n) is 5.19. The van der Waals surface area contributed by atoms with Crippen molar-refractivity contribution in [2.24, 2.45) is 0 Å². The first-order valence-corrected chi connectivity index (χ1v) is 7.47. The molecular weight excluding hydrogens is 326 g/mol. The molecule has 0 atom stereocenters. The number of rotatable bonds is 4. The van der Waals surface area contributed by atoms with Gasteiger partial charge in [0.1, 0.15) is 17.3 Å². The molecule has 2 heterocycles. The minimum absolute atomic E-state index is 0.183. The monoisotopic (exact) mass is 340 g/mol. The first-order valence-electron chi connectivity index (χ1n) is 7.47. The fraction of sp³-hybridized carbons (Fsp3) is 0.0556. The normalized spacial score (nSPS) is 10.3. The number of nitrogens with zero attached hydrogens (tertiary/aromatic N) is 2. The van der Waals surface area contributed by atoms with E-state index in [2.05, 4.69) is 20.6 Å². The molecule has 0 saturated carbocycles. The van der Waals surface area contributed by atoms with Crippen LogP contribution in [-0.2, 0) is 6.54 Å². The molecule has 1 aromatic carbocycles. The third-order valence-corrected chi connectivity index (χ3v) is 3.45. The quantitative estimate of drug-likeness (QED) is 0.760. The largest absolute Gasteiger partial charge is 0.334 e. The number of carbonyl (C=O) groups excluding carboxylic acids is 1. The number of halogens is 2. The standard InChI is InChI=1S/C18H14F2N4O/c19-14-2-1-3-15(20)17(14)24-18(25)23-11-12-4-9-22-16(10-12)13-5-7-21-8-6-13/h1-10H,11H2,(H2,23,24,25).